The summed E-state index contributed by atoms with van der Waals surface area (Å²) in [6.45, 7) is 0. The topological polar surface area (TPSA) is 17.1 Å². The van der Waals surface area contributed by atoms with Gasteiger partial charge in [-0.05, 0) is 35.0 Å². The molecule has 0 atom stereocenters. The number of halogens is 2. The van der Waals surface area contributed by atoms with Crippen molar-refractivity contribution in [2.75, 3.05) is 0 Å². The van der Waals surface area contributed by atoms with Crippen molar-refractivity contribution in [1.82, 2.24) is 0 Å². The van der Waals surface area contributed by atoms with Crippen LogP contribution in [0.5, 0.6) is 0 Å². The van der Waals surface area contributed by atoms with Crippen LogP contribution in [0, 0.1) is 11.8 Å². The second-order valence-electron chi connectivity index (χ2n) is 5.73. The Labute approximate surface area is 122 Å². The summed E-state index contributed by atoms with van der Waals surface area (Å²) in [6, 6.07) is 0. The molecule has 2 aliphatic carbocycles. The van der Waals surface area contributed by atoms with Gasteiger partial charge in [0.15, 0.2) is 0 Å². The molecule has 2 fully saturated rings. The summed E-state index contributed by atoms with van der Waals surface area (Å²) >= 11 is 8.80. The van der Waals surface area contributed by atoms with Gasteiger partial charge in [0.1, 0.15) is 0 Å². The van der Waals surface area contributed by atoms with Crippen LogP contribution in [0.25, 0.3) is 0 Å². The van der Waals surface area contributed by atoms with Crippen molar-refractivity contribution < 1.29 is 4.79 Å². The fourth-order valence-electron chi connectivity index (χ4n) is 3.56. The molecule has 0 aliphatic heterocycles. The van der Waals surface area contributed by atoms with Crippen LogP contribution in [0.4, 0.5) is 4.79 Å². The van der Waals surface area contributed by atoms with Gasteiger partial charge in [-0.15, -0.1) is 0 Å². The minimum Gasteiger partial charge on any atom is -0.262 e. The summed E-state index contributed by atoms with van der Waals surface area (Å²) in [5.74, 6) is 2.24. The summed E-state index contributed by atoms with van der Waals surface area (Å²) in [7, 11) is 0. The van der Waals surface area contributed by atoms with Crippen molar-refractivity contribution in [1.29, 1.82) is 0 Å². The molecule has 1 nitrogen and oxygen atoms in total. The molecule has 0 amide bonds. The quantitative estimate of drug-likeness (QED) is 0.398. The van der Waals surface area contributed by atoms with Crippen LogP contribution in [0.1, 0.15) is 77.0 Å². The molecule has 18 heavy (non-hydrogen) atoms. The zero-order valence-corrected chi connectivity index (χ0v) is 12.8. The fraction of sp³-hybridized carbons (Fsp3) is 0.933. The Hall–Kier alpha value is 0.250. The predicted molar refractivity (Wildman–Crippen MR) is 79.5 cm³/mol. The molecule has 2 aliphatic rings. The van der Waals surface area contributed by atoms with Crippen LogP contribution in [-0.2, 0) is 0 Å². The maximum atomic E-state index is 8.98. The molecular weight excluding hydrogens is 267 g/mol. The van der Waals surface area contributed by atoms with Crippen molar-refractivity contribution in [2.45, 2.75) is 77.0 Å². The molecule has 0 unspecified atom stereocenters. The summed E-state index contributed by atoms with van der Waals surface area (Å²) in [6.07, 6.45) is 18.4. The van der Waals surface area contributed by atoms with Crippen LogP contribution < -0.4 is 0 Å². The molecule has 0 aromatic rings. The van der Waals surface area contributed by atoms with E-state index in [1.54, 1.807) is 25.7 Å². The monoisotopic (exact) mass is 292 g/mol. The van der Waals surface area contributed by atoms with E-state index in [9.17, 15) is 0 Å². The Bertz CT molecular complexity index is 193. The molecule has 0 aromatic heterocycles. The largest absolute Gasteiger partial charge is 0.313 e. The van der Waals surface area contributed by atoms with Gasteiger partial charge in [-0.3, -0.25) is 4.79 Å². The molecule has 0 saturated heterocycles. The summed E-state index contributed by atoms with van der Waals surface area (Å²) < 4.78 is -0.889. The first-order valence-electron chi connectivity index (χ1n) is 7.55. The van der Waals surface area contributed by atoms with E-state index in [4.69, 9.17) is 4.79 Å². The molecule has 2 rings (SSSR count). The van der Waals surface area contributed by atoms with Gasteiger partial charge in [0.25, 0.3) is 0 Å². The van der Waals surface area contributed by atoms with Crippen LogP contribution in [-0.4, -0.2) is 4.70 Å². The van der Waals surface area contributed by atoms with E-state index >= 15 is 0 Å². The van der Waals surface area contributed by atoms with Gasteiger partial charge in [0, 0.05) is 0 Å². The van der Waals surface area contributed by atoms with Crippen molar-refractivity contribution in [3.8, 4) is 0 Å². The van der Waals surface area contributed by atoms with E-state index in [0.29, 0.717) is 0 Å². The zero-order valence-electron chi connectivity index (χ0n) is 11.3. The van der Waals surface area contributed by atoms with E-state index in [2.05, 4.69) is 23.2 Å². The van der Waals surface area contributed by atoms with E-state index in [1.165, 1.54) is 51.4 Å². The molecule has 2 saturated carbocycles. The third-order valence-corrected chi connectivity index (χ3v) is 4.47. The minimum atomic E-state index is -0.889. The number of hydrogen-bond donors (Lipinski definition) is 0. The van der Waals surface area contributed by atoms with E-state index in [-0.39, 0.29) is 0 Å². The van der Waals surface area contributed by atoms with Gasteiger partial charge in [-0.25, -0.2) is 0 Å². The molecule has 0 heterocycles. The first kappa shape index (κ1) is 16.3. The highest BCUT2D eigenvalue weighted by Crippen LogP contribution is 2.36. The number of carbonyl (C=O) groups is 1. The zero-order chi connectivity index (χ0) is 13.2. The standard InChI is InChI=1S/C14H26.CCl2O/c1-2-6-10-13(9-5-1)14-11-7-3-4-8-12-14;2-1(3)4/h13-14H,1-12H2;. The molecule has 0 spiro atoms. The highest BCUT2D eigenvalue weighted by molar-refractivity contribution is 6.93. The van der Waals surface area contributed by atoms with Gasteiger partial charge in [-0.1, -0.05) is 77.0 Å². The average molecular weight is 293 g/mol. The highest BCUT2D eigenvalue weighted by Gasteiger charge is 2.23. The third kappa shape index (κ3) is 7.63. The number of hydrogen-bond acceptors (Lipinski definition) is 1. The van der Waals surface area contributed by atoms with Gasteiger partial charge in [0.05, 0.1) is 0 Å². The number of rotatable bonds is 1. The second-order valence-corrected chi connectivity index (χ2v) is 6.61. The fourth-order valence-corrected chi connectivity index (χ4v) is 3.56. The smallest absolute Gasteiger partial charge is 0.262 e. The van der Waals surface area contributed by atoms with Crippen LogP contribution in [0.15, 0.2) is 0 Å². The van der Waals surface area contributed by atoms with Crippen molar-refractivity contribution in [3.05, 3.63) is 0 Å². The average Bonchev–Trinajstić information content (AvgIpc) is 2.73. The highest BCUT2D eigenvalue weighted by atomic mass is 35.5. The molecule has 0 radical (unpaired) electrons. The third-order valence-electron chi connectivity index (χ3n) is 4.47. The van der Waals surface area contributed by atoms with Crippen molar-refractivity contribution >= 4 is 27.9 Å². The van der Waals surface area contributed by atoms with Crippen LogP contribution in [0.3, 0.4) is 0 Å². The Morgan fingerprint density at radius 2 is 0.833 bits per heavy atom. The SMILES string of the molecule is C1CCCC(C2CCCCCC2)CC1.O=C(Cl)Cl. The van der Waals surface area contributed by atoms with Gasteiger partial charge < -0.3 is 0 Å². The molecular formula is C15H26Cl2O. The number of carbonyl (C=O) groups excluding carboxylic acids is 1. The first-order chi connectivity index (χ1) is 8.70. The summed E-state index contributed by atoms with van der Waals surface area (Å²) in [4.78, 5) is 8.98. The van der Waals surface area contributed by atoms with E-state index < -0.39 is 4.70 Å². The Morgan fingerprint density at radius 1 is 0.611 bits per heavy atom. The van der Waals surface area contributed by atoms with Gasteiger partial charge >= 0.3 is 4.70 Å². The second kappa shape index (κ2) is 10.1. The van der Waals surface area contributed by atoms with E-state index in [0.717, 1.165) is 11.8 Å². The maximum Gasteiger partial charge on any atom is 0.313 e. The minimum absolute atomic E-state index is 0.889. The molecule has 0 aromatic carbocycles. The summed E-state index contributed by atoms with van der Waals surface area (Å²) in [5, 5.41) is 0. The Balaban J connectivity index is 0.000000357. The Morgan fingerprint density at radius 3 is 1.06 bits per heavy atom. The Kier molecular flexibility index (Phi) is 9.14. The van der Waals surface area contributed by atoms with Gasteiger partial charge in [0.2, 0.25) is 0 Å². The van der Waals surface area contributed by atoms with Crippen molar-refractivity contribution in [3.63, 3.8) is 0 Å². The molecule has 106 valence electrons. The molecule has 0 N–H and O–H groups in total. The van der Waals surface area contributed by atoms with Crippen molar-refractivity contribution in [2.24, 2.45) is 11.8 Å². The first-order valence-corrected chi connectivity index (χ1v) is 8.30. The van der Waals surface area contributed by atoms with Crippen LogP contribution in [0.2, 0.25) is 0 Å². The predicted octanol–water partition coefficient (Wildman–Crippen LogP) is 6.51. The molecule has 3 heteroatoms. The maximum absolute atomic E-state index is 8.98. The summed E-state index contributed by atoms with van der Waals surface area (Å²) in [5.41, 5.74) is 0. The molecule has 0 bridgehead atoms. The van der Waals surface area contributed by atoms with E-state index in [1.807, 2.05) is 0 Å². The van der Waals surface area contributed by atoms with Crippen LogP contribution >= 0.6 is 23.2 Å². The lowest BCUT2D eigenvalue weighted by Crippen LogP contribution is -2.13. The lowest BCUT2D eigenvalue weighted by atomic mass is 9.81. The normalized spacial score (nSPS) is 23.4. The van der Waals surface area contributed by atoms with Gasteiger partial charge in [-0.2, -0.15) is 0 Å². The lowest BCUT2D eigenvalue weighted by Gasteiger charge is -2.24. The lowest BCUT2D eigenvalue weighted by molar-refractivity contribution is 0.269.